The van der Waals surface area contributed by atoms with Gasteiger partial charge in [-0.2, -0.15) is 0 Å². The number of nitrogens with zero attached hydrogens (tertiary/aromatic N) is 4. The first kappa shape index (κ1) is 12.8. The van der Waals surface area contributed by atoms with Gasteiger partial charge in [-0.1, -0.05) is 24.3 Å². The molecule has 104 valence electrons. The molecule has 1 heterocycles. The van der Waals surface area contributed by atoms with Crippen LogP contribution in [-0.2, 0) is 11.2 Å². The van der Waals surface area contributed by atoms with E-state index in [-0.39, 0.29) is 12.0 Å². The van der Waals surface area contributed by atoms with Gasteiger partial charge in [-0.3, -0.25) is 4.79 Å². The van der Waals surface area contributed by atoms with Gasteiger partial charge in [0.25, 0.3) is 0 Å². The molecular weight excluding hydrogens is 256 g/mol. The second-order valence-corrected chi connectivity index (χ2v) is 5.30. The highest BCUT2D eigenvalue weighted by atomic mass is 16.4. The van der Waals surface area contributed by atoms with Crippen molar-refractivity contribution in [1.82, 2.24) is 20.2 Å². The molecular formula is C14H16N4O2. The summed E-state index contributed by atoms with van der Waals surface area (Å²) >= 11 is 0. The molecule has 3 unspecified atom stereocenters. The number of carbonyl (C=O) groups is 1. The van der Waals surface area contributed by atoms with Crippen molar-refractivity contribution in [2.45, 2.75) is 32.2 Å². The van der Waals surface area contributed by atoms with E-state index in [1.165, 1.54) is 11.1 Å². The van der Waals surface area contributed by atoms with Crippen molar-refractivity contribution in [3.63, 3.8) is 0 Å². The smallest absolute Gasteiger partial charge is 0.308 e. The minimum atomic E-state index is -0.840. The van der Waals surface area contributed by atoms with Gasteiger partial charge in [-0.05, 0) is 41.8 Å². The third-order valence-electron chi connectivity index (χ3n) is 4.18. The van der Waals surface area contributed by atoms with Crippen LogP contribution in [0.2, 0.25) is 0 Å². The van der Waals surface area contributed by atoms with Crippen LogP contribution >= 0.6 is 0 Å². The van der Waals surface area contributed by atoms with Crippen LogP contribution in [0.5, 0.6) is 0 Å². The van der Waals surface area contributed by atoms with Gasteiger partial charge in [0.15, 0.2) is 5.82 Å². The number of carboxylic acid groups (broad SMARTS) is 1. The molecule has 3 atom stereocenters. The van der Waals surface area contributed by atoms with Gasteiger partial charge in [0.05, 0.1) is 17.9 Å². The third-order valence-corrected chi connectivity index (χ3v) is 4.18. The second kappa shape index (κ2) is 4.70. The Morgan fingerprint density at radius 3 is 2.85 bits per heavy atom. The van der Waals surface area contributed by atoms with E-state index in [4.69, 9.17) is 5.11 Å². The maximum atomic E-state index is 11.1. The Balaban J connectivity index is 1.91. The van der Waals surface area contributed by atoms with Crippen molar-refractivity contribution in [2.75, 3.05) is 0 Å². The average Bonchev–Trinajstić information content (AvgIpc) is 2.87. The lowest BCUT2D eigenvalue weighted by Gasteiger charge is -2.30. The number of rotatable bonds is 4. The van der Waals surface area contributed by atoms with E-state index in [2.05, 4.69) is 27.7 Å². The van der Waals surface area contributed by atoms with E-state index in [0.29, 0.717) is 0 Å². The highest BCUT2D eigenvalue weighted by molar-refractivity contribution is 5.70. The van der Waals surface area contributed by atoms with Crippen LogP contribution in [0.15, 0.2) is 24.3 Å². The number of aliphatic carboxylic acids is 1. The molecule has 2 aromatic rings. The lowest BCUT2D eigenvalue weighted by Crippen LogP contribution is -2.28. The Hall–Kier alpha value is -2.24. The Kier molecular flexibility index (Phi) is 3.00. The van der Waals surface area contributed by atoms with E-state index in [0.717, 1.165) is 12.2 Å². The quantitative estimate of drug-likeness (QED) is 0.915. The summed E-state index contributed by atoms with van der Waals surface area (Å²) in [6, 6.07) is 7.93. The first-order chi connectivity index (χ1) is 9.59. The van der Waals surface area contributed by atoms with Crippen LogP contribution in [-0.4, -0.2) is 31.3 Å². The van der Waals surface area contributed by atoms with E-state index in [9.17, 15) is 4.79 Å². The van der Waals surface area contributed by atoms with Crippen LogP contribution in [0.4, 0.5) is 0 Å². The fraction of sp³-hybridized carbons (Fsp3) is 0.429. The highest BCUT2D eigenvalue weighted by Crippen LogP contribution is 2.39. The molecule has 1 aliphatic rings. The Morgan fingerprint density at radius 1 is 1.40 bits per heavy atom. The normalized spacial score (nSPS) is 19.8. The maximum Gasteiger partial charge on any atom is 0.308 e. The van der Waals surface area contributed by atoms with E-state index in [1.54, 1.807) is 11.6 Å². The van der Waals surface area contributed by atoms with Gasteiger partial charge in [0.1, 0.15) is 0 Å². The zero-order valence-electron chi connectivity index (χ0n) is 11.4. The molecule has 0 saturated heterocycles. The zero-order valence-corrected chi connectivity index (χ0v) is 11.4. The van der Waals surface area contributed by atoms with Gasteiger partial charge in [-0.15, -0.1) is 5.10 Å². The first-order valence-corrected chi connectivity index (χ1v) is 6.68. The lowest BCUT2D eigenvalue weighted by atomic mass is 9.77. The number of hydrogen-bond donors (Lipinski definition) is 1. The SMILES string of the molecule is CC(C(=O)O)C(C)n1nnnc1C1Cc2ccccc21. The summed E-state index contributed by atoms with van der Waals surface area (Å²) in [5.41, 5.74) is 2.55. The third kappa shape index (κ3) is 1.88. The number of aromatic nitrogens is 4. The molecule has 0 aliphatic heterocycles. The molecule has 0 saturated carbocycles. The lowest BCUT2D eigenvalue weighted by molar-refractivity contribution is -0.142. The largest absolute Gasteiger partial charge is 0.481 e. The standard InChI is InChI=1S/C14H16N4O2/c1-8(14(19)20)9(2)18-13(15-16-17-18)12-7-10-5-3-4-6-11(10)12/h3-6,8-9,12H,7H2,1-2H3,(H,19,20). The summed E-state index contributed by atoms with van der Waals surface area (Å²) in [6.07, 6.45) is 0.907. The van der Waals surface area contributed by atoms with Gasteiger partial charge < -0.3 is 5.11 Å². The summed E-state index contributed by atoms with van der Waals surface area (Å²) < 4.78 is 1.65. The van der Waals surface area contributed by atoms with Crippen LogP contribution in [0.25, 0.3) is 0 Å². The maximum absolute atomic E-state index is 11.1. The summed E-state index contributed by atoms with van der Waals surface area (Å²) in [5.74, 6) is -0.450. The molecule has 1 aromatic heterocycles. The van der Waals surface area contributed by atoms with Gasteiger partial charge in [0, 0.05) is 0 Å². The van der Waals surface area contributed by atoms with Crippen molar-refractivity contribution in [3.8, 4) is 0 Å². The molecule has 20 heavy (non-hydrogen) atoms. The topological polar surface area (TPSA) is 80.9 Å². The molecule has 1 aromatic carbocycles. The Bertz CT molecular complexity index is 652. The van der Waals surface area contributed by atoms with E-state index in [1.807, 2.05) is 19.1 Å². The summed E-state index contributed by atoms with van der Waals surface area (Å²) in [5, 5.41) is 21.0. The van der Waals surface area contributed by atoms with Gasteiger partial charge >= 0.3 is 5.97 Å². The van der Waals surface area contributed by atoms with Crippen LogP contribution in [0.1, 0.15) is 42.8 Å². The zero-order chi connectivity index (χ0) is 14.3. The fourth-order valence-corrected chi connectivity index (χ4v) is 2.63. The van der Waals surface area contributed by atoms with Gasteiger partial charge in [0.2, 0.25) is 0 Å². The van der Waals surface area contributed by atoms with E-state index >= 15 is 0 Å². The molecule has 1 aliphatic carbocycles. The van der Waals surface area contributed by atoms with Crippen LogP contribution in [0.3, 0.4) is 0 Å². The molecule has 6 nitrogen and oxygen atoms in total. The number of hydrogen-bond acceptors (Lipinski definition) is 4. The number of carboxylic acids is 1. The predicted octanol–water partition coefficient (Wildman–Crippen LogP) is 1.64. The molecule has 0 fully saturated rings. The summed E-state index contributed by atoms with van der Waals surface area (Å²) in [7, 11) is 0. The highest BCUT2D eigenvalue weighted by Gasteiger charge is 2.34. The Morgan fingerprint density at radius 2 is 2.15 bits per heavy atom. The minimum Gasteiger partial charge on any atom is -0.481 e. The average molecular weight is 272 g/mol. The first-order valence-electron chi connectivity index (χ1n) is 6.68. The summed E-state index contributed by atoms with van der Waals surface area (Å²) in [6.45, 7) is 3.51. The predicted molar refractivity (Wildman–Crippen MR) is 71.3 cm³/mol. The number of benzene rings is 1. The number of tetrazole rings is 1. The fourth-order valence-electron chi connectivity index (χ4n) is 2.63. The molecule has 0 radical (unpaired) electrons. The second-order valence-electron chi connectivity index (χ2n) is 5.30. The molecule has 0 spiro atoms. The van der Waals surface area contributed by atoms with Crippen molar-refractivity contribution in [1.29, 1.82) is 0 Å². The number of fused-ring (bicyclic) bond motifs is 1. The molecule has 0 amide bonds. The van der Waals surface area contributed by atoms with Crippen molar-refractivity contribution in [2.24, 2.45) is 5.92 Å². The van der Waals surface area contributed by atoms with Gasteiger partial charge in [-0.25, -0.2) is 4.68 Å². The monoisotopic (exact) mass is 272 g/mol. The molecule has 6 heteroatoms. The van der Waals surface area contributed by atoms with E-state index < -0.39 is 11.9 Å². The Labute approximate surface area is 116 Å². The van der Waals surface area contributed by atoms with Crippen molar-refractivity contribution < 1.29 is 9.90 Å². The van der Waals surface area contributed by atoms with Crippen molar-refractivity contribution >= 4 is 5.97 Å². The summed E-state index contributed by atoms with van der Waals surface area (Å²) in [4.78, 5) is 11.1. The van der Waals surface area contributed by atoms with Crippen molar-refractivity contribution in [3.05, 3.63) is 41.2 Å². The minimum absolute atomic E-state index is 0.171. The molecule has 3 rings (SSSR count). The van der Waals surface area contributed by atoms with Crippen LogP contribution < -0.4 is 0 Å². The molecule has 0 bridgehead atoms. The molecule has 1 N–H and O–H groups in total. The van der Waals surface area contributed by atoms with Crippen LogP contribution in [0, 0.1) is 5.92 Å².